The standard InChI is InChI=1S/C18H25N3O6S/c1-13(22)20-12-28-6-3-17(23)21-4-5-26-16(10-21)11-27-15-7-14(8-19-9-15)18(24)25-2/h7-9,16H,3-6,10-12H2,1-2H3,(H,20,22). The van der Waals surface area contributed by atoms with Gasteiger partial charge in [-0.25, -0.2) is 4.79 Å². The Bertz CT molecular complexity index is 687. The van der Waals surface area contributed by atoms with E-state index in [0.717, 1.165) is 0 Å². The average Bonchev–Trinajstić information content (AvgIpc) is 2.71. The first-order chi connectivity index (χ1) is 13.5. The number of pyridine rings is 1. The van der Waals surface area contributed by atoms with Crippen molar-refractivity contribution >= 4 is 29.5 Å². The van der Waals surface area contributed by atoms with Crippen molar-refractivity contribution in [1.29, 1.82) is 0 Å². The summed E-state index contributed by atoms with van der Waals surface area (Å²) in [5.41, 5.74) is 0.304. The zero-order valence-electron chi connectivity index (χ0n) is 16.0. The summed E-state index contributed by atoms with van der Waals surface area (Å²) in [5.74, 6) is 1.06. The number of hydrogen-bond acceptors (Lipinski definition) is 8. The van der Waals surface area contributed by atoms with Crippen molar-refractivity contribution in [3.05, 3.63) is 24.0 Å². The summed E-state index contributed by atoms with van der Waals surface area (Å²) >= 11 is 1.51. The Kier molecular flexibility index (Phi) is 9.02. The fourth-order valence-corrected chi connectivity index (χ4v) is 3.27. The molecule has 2 heterocycles. The maximum Gasteiger partial charge on any atom is 0.339 e. The van der Waals surface area contributed by atoms with E-state index in [4.69, 9.17) is 9.47 Å². The van der Waals surface area contributed by atoms with Gasteiger partial charge in [-0.05, 0) is 6.07 Å². The predicted molar refractivity (Wildman–Crippen MR) is 103 cm³/mol. The van der Waals surface area contributed by atoms with Crippen LogP contribution in [-0.4, -0.2) is 78.8 Å². The summed E-state index contributed by atoms with van der Waals surface area (Å²) in [6.45, 7) is 3.14. The van der Waals surface area contributed by atoms with E-state index in [1.54, 1.807) is 11.0 Å². The number of nitrogens with one attached hydrogen (secondary N) is 1. The van der Waals surface area contributed by atoms with E-state index in [1.807, 2.05) is 0 Å². The van der Waals surface area contributed by atoms with Gasteiger partial charge in [0.05, 0.1) is 37.9 Å². The highest BCUT2D eigenvalue weighted by Gasteiger charge is 2.24. The minimum absolute atomic E-state index is 0.0537. The molecular weight excluding hydrogens is 386 g/mol. The van der Waals surface area contributed by atoms with Crippen LogP contribution in [0.5, 0.6) is 5.75 Å². The van der Waals surface area contributed by atoms with Crippen LogP contribution in [0.25, 0.3) is 0 Å². The lowest BCUT2D eigenvalue weighted by Gasteiger charge is -2.33. The molecule has 1 aromatic heterocycles. The van der Waals surface area contributed by atoms with E-state index in [2.05, 4.69) is 15.0 Å². The van der Waals surface area contributed by atoms with Crippen molar-refractivity contribution in [2.45, 2.75) is 19.4 Å². The molecule has 9 nitrogen and oxygen atoms in total. The first kappa shape index (κ1) is 22.0. The van der Waals surface area contributed by atoms with Gasteiger partial charge in [0.25, 0.3) is 0 Å². The monoisotopic (exact) mass is 411 g/mol. The molecule has 0 aliphatic carbocycles. The van der Waals surface area contributed by atoms with E-state index in [0.29, 0.717) is 49.1 Å². The topological polar surface area (TPSA) is 107 Å². The summed E-state index contributed by atoms with van der Waals surface area (Å²) in [7, 11) is 1.30. The van der Waals surface area contributed by atoms with Gasteiger partial charge in [0.2, 0.25) is 11.8 Å². The molecule has 1 atom stereocenters. The van der Waals surface area contributed by atoms with Gasteiger partial charge in [-0.15, -0.1) is 11.8 Å². The maximum atomic E-state index is 12.3. The smallest absolute Gasteiger partial charge is 0.339 e. The molecule has 1 aliphatic heterocycles. The Morgan fingerprint density at radius 1 is 1.39 bits per heavy atom. The van der Waals surface area contributed by atoms with E-state index in [-0.39, 0.29) is 24.5 Å². The fourth-order valence-electron chi connectivity index (χ4n) is 2.51. The zero-order valence-corrected chi connectivity index (χ0v) is 16.8. The quantitative estimate of drug-likeness (QED) is 0.359. The van der Waals surface area contributed by atoms with Crippen molar-refractivity contribution in [2.75, 3.05) is 45.0 Å². The lowest BCUT2D eigenvalue weighted by molar-refractivity contribution is -0.139. The predicted octanol–water partition coefficient (Wildman–Crippen LogP) is 0.691. The largest absolute Gasteiger partial charge is 0.489 e. The third-order valence-corrected chi connectivity index (χ3v) is 4.79. The van der Waals surface area contributed by atoms with Crippen molar-refractivity contribution < 1.29 is 28.6 Å². The first-order valence-corrected chi connectivity index (χ1v) is 10.0. The van der Waals surface area contributed by atoms with Crippen LogP contribution in [-0.2, 0) is 19.1 Å². The highest BCUT2D eigenvalue weighted by Crippen LogP contribution is 2.15. The first-order valence-electron chi connectivity index (χ1n) is 8.87. The second-order valence-electron chi connectivity index (χ2n) is 6.08. The summed E-state index contributed by atoms with van der Waals surface area (Å²) in [6.07, 6.45) is 3.06. The van der Waals surface area contributed by atoms with Crippen LogP contribution in [0.4, 0.5) is 0 Å². The van der Waals surface area contributed by atoms with E-state index < -0.39 is 5.97 Å². The minimum atomic E-state index is -0.486. The molecular formula is C18H25N3O6S. The molecule has 1 aliphatic rings. The molecule has 1 N–H and O–H groups in total. The number of thioether (sulfide) groups is 1. The molecule has 2 amide bonds. The number of nitrogens with zero attached hydrogens (tertiary/aromatic N) is 2. The number of methoxy groups -OCH3 is 1. The van der Waals surface area contributed by atoms with Gasteiger partial charge in [0.1, 0.15) is 18.5 Å². The summed E-state index contributed by atoms with van der Waals surface area (Å²) in [4.78, 5) is 40.4. The highest BCUT2D eigenvalue weighted by molar-refractivity contribution is 7.99. The van der Waals surface area contributed by atoms with Crippen LogP contribution >= 0.6 is 11.8 Å². The number of rotatable bonds is 9. The van der Waals surface area contributed by atoms with E-state index in [1.165, 1.54) is 38.2 Å². The molecule has 1 saturated heterocycles. The van der Waals surface area contributed by atoms with Gasteiger partial charge < -0.3 is 24.4 Å². The van der Waals surface area contributed by atoms with Crippen molar-refractivity contribution in [3.8, 4) is 5.75 Å². The highest BCUT2D eigenvalue weighted by atomic mass is 32.2. The number of aromatic nitrogens is 1. The molecule has 1 unspecified atom stereocenters. The normalized spacial score (nSPS) is 16.4. The summed E-state index contributed by atoms with van der Waals surface area (Å²) < 4.78 is 16.0. The van der Waals surface area contributed by atoms with Gasteiger partial charge in [-0.1, -0.05) is 0 Å². The SMILES string of the molecule is COC(=O)c1cncc(OCC2CN(C(=O)CCSCNC(C)=O)CCO2)c1. The Morgan fingerprint density at radius 3 is 2.96 bits per heavy atom. The second kappa shape index (κ2) is 11.5. The average molecular weight is 411 g/mol. The molecule has 10 heteroatoms. The third kappa shape index (κ3) is 7.35. The molecule has 1 fully saturated rings. The number of hydrogen-bond donors (Lipinski definition) is 1. The van der Waals surface area contributed by atoms with Gasteiger partial charge in [-0.3, -0.25) is 14.6 Å². The minimum Gasteiger partial charge on any atom is -0.489 e. The van der Waals surface area contributed by atoms with Crippen molar-refractivity contribution in [3.63, 3.8) is 0 Å². The third-order valence-electron chi connectivity index (χ3n) is 3.95. The number of amides is 2. The van der Waals surface area contributed by atoms with Crippen LogP contribution in [0.2, 0.25) is 0 Å². The molecule has 154 valence electrons. The van der Waals surface area contributed by atoms with Crippen molar-refractivity contribution in [2.24, 2.45) is 0 Å². The molecule has 0 bridgehead atoms. The number of morpholine rings is 1. The van der Waals surface area contributed by atoms with E-state index in [9.17, 15) is 14.4 Å². The number of carbonyl (C=O) groups excluding carboxylic acids is 3. The number of carbonyl (C=O) groups is 3. The van der Waals surface area contributed by atoms with Crippen LogP contribution in [0, 0.1) is 0 Å². The lowest BCUT2D eigenvalue weighted by Crippen LogP contribution is -2.47. The lowest BCUT2D eigenvalue weighted by atomic mass is 10.2. The number of ether oxygens (including phenoxy) is 3. The molecule has 0 spiro atoms. The van der Waals surface area contributed by atoms with Crippen LogP contribution < -0.4 is 10.1 Å². The molecule has 1 aromatic rings. The van der Waals surface area contributed by atoms with Gasteiger partial charge in [-0.2, -0.15) is 0 Å². The summed E-state index contributed by atoms with van der Waals surface area (Å²) in [5, 5.41) is 2.68. The van der Waals surface area contributed by atoms with Crippen LogP contribution in [0.3, 0.4) is 0 Å². The molecule has 0 aromatic carbocycles. The van der Waals surface area contributed by atoms with Crippen molar-refractivity contribution in [1.82, 2.24) is 15.2 Å². The molecule has 28 heavy (non-hydrogen) atoms. The Labute approximate surface area is 168 Å². The number of esters is 1. The van der Waals surface area contributed by atoms with Gasteiger partial charge in [0, 0.05) is 31.8 Å². The van der Waals surface area contributed by atoms with E-state index >= 15 is 0 Å². The zero-order chi connectivity index (χ0) is 20.4. The van der Waals surface area contributed by atoms with Crippen LogP contribution in [0.1, 0.15) is 23.7 Å². The second-order valence-corrected chi connectivity index (χ2v) is 7.19. The molecule has 0 saturated carbocycles. The Balaban J connectivity index is 1.74. The Morgan fingerprint density at radius 2 is 2.21 bits per heavy atom. The molecule has 0 radical (unpaired) electrons. The fraction of sp³-hybridized carbons (Fsp3) is 0.556. The van der Waals surface area contributed by atoms with Crippen LogP contribution in [0.15, 0.2) is 18.5 Å². The van der Waals surface area contributed by atoms with Gasteiger partial charge >= 0.3 is 5.97 Å². The molecule has 2 rings (SSSR count). The maximum absolute atomic E-state index is 12.3. The Hall–Kier alpha value is -2.33. The summed E-state index contributed by atoms with van der Waals surface area (Å²) in [6, 6.07) is 1.55. The van der Waals surface area contributed by atoms with Gasteiger partial charge in [0.15, 0.2) is 0 Å².